The monoisotopic (exact) mass is 552 g/mol. The van der Waals surface area contributed by atoms with Gasteiger partial charge in [0.05, 0.1) is 31.9 Å². The van der Waals surface area contributed by atoms with E-state index in [4.69, 9.17) is 21.4 Å². The molecule has 1 aromatic carbocycles. The first kappa shape index (κ1) is 27.8. The van der Waals surface area contributed by atoms with Crippen LogP contribution in [0.4, 0.5) is 17.5 Å². The molecule has 2 aliphatic carbocycles. The van der Waals surface area contributed by atoms with Crippen molar-refractivity contribution < 1.29 is 18.3 Å². The molecule has 0 aliphatic heterocycles. The first-order chi connectivity index (χ1) is 17.8. The maximum absolute atomic E-state index is 11.8. The Bertz CT molecular complexity index is 1180. The molecule has 1 fully saturated rings. The lowest BCUT2D eigenvalue weighted by molar-refractivity contribution is 0.280. The Hall–Kier alpha value is -2.18. The lowest BCUT2D eigenvalue weighted by Crippen LogP contribution is -2.48. The Kier molecular flexibility index (Phi) is 9.46. The molecule has 12 heteroatoms. The highest BCUT2D eigenvalue weighted by Crippen LogP contribution is 2.37. The summed E-state index contributed by atoms with van der Waals surface area (Å²) in [5.74, 6) is 1.60. The minimum Gasteiger partial charge on any atom is -0.494 e. The number of aliphatic hydroxyl groups excluding tert-OH is 1. The summed E-state index contributed by atoms with van der Waals surface area (Å²) in [7, 11) is -1.66. The highest BCUT2D eigenvalue weighted by molar-refractivity contribution is 7.88. The van der Waals surface area contributed by atoms with Crippen molar-refractivity contribution in [2.75, 3.05) is 37.2 Å². The van der Waals surface area contributed by atoms with Crippen molar-refractivity contribution >= 4 is 39.1 Å². The molecule has 4 rings (SSSR count). The molecule has 1 saturated carbocycles. The highest BCUT2D eigenvalue weighted by Gasteiger charge is 2.28. The van der Waals surface area contributed by atoms with E-state index in [1.54, 1.807) is 7.11 Å². The summed E-state index contributed by atoms with van der Waals surface area (Å²) in [5.41, 5.74) is 3.20. The molecule has 1 aromatic heterocycles. The van der Waals surface area contributed by atoms with Gasteiger partial charge in [0.2, 0.25) is 16.0 Å². The number of aryl methyl sites for hydroxylation is 1. The topological polar surface area (TPSA) is 138 Å². The summed E-state index contributed by atoms with van der Waals surface area (Å²) >= 11 is 6.42. The van der Waals surface area contributed by atoms with E-state index in [9.17, 15) is 8.42 Å². The molecule has 2 aromatic rings. The van der Waals surface area contributed by atoms with E-state index >= 15 is 0 Å². The number of nitrogens with one attached hydrogen (secondary N) is 4. The summed E-state index contributed by atoms with van der Waals surface area (Å²) in [5, 5.41) is 19.6. The van der Waals surface area contributed by atoms with Crippen LogP contribution in [-0.2, 0) is 22.9 Å². The Labute approximate surface area is 224 Å². The number of ether oxygens (including phenoxy) is 1. The third-order valence-electron chi connectivity index (χ3n) is 7.06. The number of sulfonamides is 1. The molecule has 0 saturated heterocycles. The lowest BCUT2D eigenvalue weighted by atomic mass is 9.91. The van der Waals surface area contributed by atoms with Gasteiger partial charge in [0.25, 0.3) is 0 Å². The van der Waals surface area contributed by atoms with Crippen molar-refractivity contribution in [3.8, 4) is 5.75 Å². The molecule has 0 amide bonds. The molecule has 204 valence electrons. The van der Waals surface area contributed by atoms with Gasteiger partial charge in [-0.1, -0.05) is 30.5 Å². The molecule has 2 aliphatic rings. The van der Waals surface area contributed by atoms with E-state index in [1.165, 1.54) is 23.6 Å². The predicted octanol–water partition coefficient (Wildman–Crippen LogP) is 2.98. The first-order valence-corrected chi connectivity index (χ1v) is 15.1. The zero-order chi connectivity index (χ0) is 26.4. The molecular weight excluding hydrogens is 516 g/mol. The average molecular weight is 553 g/mol. The van der Waals surface area contributed by atoms with E-state index in [1.807, 2.05) is 6.07 Å². The number of benzene rings is 1. The average Bonchev–Trinajstić information content (AvgIpc) is 3.07. The third-order valence-corrected chi connectivity index (χ3v) is 8.06. The van der Waals surface area contributed by atoms with Crippen LogP contribution in [0.1, 0.15) is 49.7 Å². The first-order valence-electron chi connectivity index (χ1n) is 12.8. The Morgan fingerprint density at radius 1 is 1.14 bits per heavy atom. The SMILES string of the molecule is COc1c(Nc2ncc(Cl)c(N[C@@H]3CCCC[C@H]3NS(C)(=O)=O)n2)ccc2c1CCC(NCCO)CC2. The maximum atomic E-state index is 11.8. The second-order valence-electron chi connectivity index (χ2n) is 9.78. The number of methoxy groups -OCH3 is 1. The maximum Gasteiger partial charge on any atom is 0.229 e. The summed E-state index contributed by atoms with van der Waals surface area (Å²) in [6.07, 6.45) is 10.0. The zero-order valence-electron chi connectivity index (χ0n) is 21.4. The smallest absolute Gasteiger partial charge is 0.229 e. The molecule has 0 radical (unpaired) electrons. The van der Waals surface area contributed by atoms with Gasteiger partial charge in [0.1, 0.15) is 10.8 Å². The van der Waals surface area contributed by atoms with Gasteiger partial charge < -0.3 is 25.8 Å². The van der Waals surface area contributed by atoms with E-state index in [-0.39, 0.29) is 18.7 Å². The fraction of sp³-hybridized carbons (Fsp3) is 0.600. The van der Waals surface area contributed by atoms with Crippen LogP contribution in [0.5, 0.6) is 5.75 Å². The van der Waals surface area contributed by atoms with Crippen LogP contribution in [-0.4, -0.2) is 68.1 Å². The lowest BCUT2D eigenvalue weighted by Gasteiger charge is -2.32. The van der Waals surface area contributed by atoms with Gasteiger partial charge in [-0.25, -0.2) is 18.1 Å². The standard InChI is InChI=1S/C25H37ClN6O4S/c1-36-23-18-11-10-17(27-13-14-33)9-7-16(18)8-12-22(23)30-25-28-15-19(26)24(31-25)29-20-5-3-4-6-21(20)32-37(2,34)35/h8,12,15,17,20-21,27,32-33H,3-7,9-11,13-14H2,1-2H3,(H2,28,29,30,31)/t17?,20-,21-/m1/s1. The summed E-state index contributed by atoms with van der Waals surface area (Å²) in [6.45, 7) is 0.732. The Morgan fingerprint density at radius 2 is 1.89 bits per heavy atom. The van der Waals surface area contributed by atoms with Crippen LogP contribution in [0, 0.1) is 0 Å². The summed E-state index contributed by atoms with van der Waals surface area (Å²) in [4.78, 5) is 8.98. The number of nitrogens with zero attached hydrogens (tertiary/aromatic N) is 2. The van der Waals surface area contributed by atoms with Crippen molar-refractivity contribution in [2.24, 2.45) is 0 Å². The van der Waals surface area contributed by atoms with Crippen molar-refractivity contribution in [1.29, 1.82) is 0 Å². The second-order valence-corrected chi connectivity index (χ2v) is 12.0. The summed E-state index contributed by atoms with van der Waals surface area (Å²) < 4.78 is 32.3. The van der Waals surface area contributed by atoms with E-state index in [2.05, 4.69) is 36.7 Å². The quantitative estimate of drug-likeness (QED) is 0.282. The van der Waals surface area contributed by atoms with E-state index in [0.717, 1.165) is 62.8 Å². The fourth-order valence-electron chi connectivity index (χ4n) is 5.32. The van der Waals surface area contributed by atoms with Crippen LogP contribution >= 0.6 is 11.6 Å². The molecule has 0 spiro atoms. The van der Waals surface area contributed by atoms with E-state index < -0.39 is 10.0 Å². The van der Waals surface area contributed by atoms with Crippen molar-refractivity contribution in [1.82, 2.24) is 20.0 Å². The van der Waals surface area contributed by atoms with Gasteiger partial charge in [-0.15, -0.1) is 0 Å². The Morgan fingerprint density at radius 3 is 2.62 bits per heavy atom. The summed E-state index contributed by atoms with van der Waals surface area (Å²) in [6, 6.07) is 4.10. The number of aromatic nitrogens is 2. The number of rotatable bonds is 10. The van der Waals surface area contributed by atoms with Crippen LogP contribution in [0.2, 0.25) is 5.02 Å². The largest absolute Gasteiger partial charge is 0.494 e. The number of anilines is 3. The number of fused-ring (bicyclic) bond motifs is 1. The molecule has 0 bridgehead atoms. The van der Waals surface area contributed by atoms with Gasteiger partial charge in [-0.05, 0) is 55.7 Å². The fourth-order valence-corrected chi connectivity index (χ4v) is 6.30. The van der Waals surface area contributed by atoms with Gasteiger partial charge in [-0.3, -0.25) is 0 Å². The van der Waals surface area contributed by atoms with Crippen molar-refractivity contribution in [3.05, 3.63) is 34.5 Å². The number of aliphatic hydroxyl groups is 1. The van der Waals surface area contributed by atoms with Crippen molar-refractivity contribution in [3.63, 3.8) is 0 Å². The predicted molar refractivity (Wildman–Crippen MR) is 146 cm³/mol. The molecular formula is C25H37ClN6O4S. The van der Waals surface area contributed by atoms with Crippen LogP contribution in [0.3, 0.4) is 0 Å². The minimum atomic E-state index is -3.33. The minimum absolute atomic E-state index is 0.127. The Balaban J connectivity index is 1.52. The molecule has 1 heterocycles. The van der Waals surface area contributed by atoms with Gasteiger partial charge in [0.15, 0.2) is 5.82 Å². The number of hydrogen-bond donors (Lipinski definition) is 5. The van der Waals surface area contributed by atoms with Crippen molar-refractivity contribution in [2.45, 2.75) is 69.5 Å². The van der Waals surface area contributed by atoms with Gasteiger partial charge in [0, 0.05) is 24.7 Å². The molecule has 5 N–H and O–H groups in total. The zero-order valence-corrected chi connectivity index (χ0v) is 23.0. The van der Waals surface area contributed by atoms with Crippen LogP contribution in [0.15, 0.2) is 18.3 Å². The molecule has 37 heavy (non-hydrogen) atoms. The molecule has 3 atom stereocenters. The molecule has 1 unspecified atom stereocenters. The highest BCUT2D eigenvalue weighted by atomic mass is 35.5. The number of halogens is 1. The van der Waals surface area contributed by atoms with E-state index in [0.29, 0.717) is 29.4 Å². The second kappa shape index (κ2) is 12.6. The van der Waals surface area contributed by atoms with Crippen LogP contribution in [0.25, 0.3) is 0 Å². The van der Waals surface area contributed by atoms with Gasteiger partial charge >= 0.3 is 0 Å². The van der Waals surface area contributed by atoms with Gasteiger partial charge in [-0.2, -0.15) is 4.98 Å². The third kappa shape index (κ3) is 7.44. The normalized spacial score (nSPS) is 22.1. The number of hydrogen-bond acceptors (Lipinski definition) is 9. The molecule has 10 nitrogen and oxygen atoms in total. The van der Waals surface area contributed by atoms with Crippen LogP contribution < -0.4 is 25.4 Å².